The third-order valence-electron chi connectivity index (χ3n) is 5.22. The molecule has 0 atom stereocenters. The van der Waals surface area contributed by atoms with Gasteiger partial charge in [-0.05, 0) is 84.3 Å². The summed E-state index contributed by atoms with van der Waals surface area (Å²) in [5.74, 6) is 1.34. The van der Waals surface area contributed by atoms with Crippen LogP contribution in [0.15, 0.2) is 107 Å². The number of rotatable bonds is 9. The fourth-order valence-electron chi connectivity index (χ4n) is 3.18. The molecule has 0 aliphatic heterocycles. The second-order valence-corrected chi connectivity index (χ2v) is 9.47. The fourth-order valence-corrected chi connectivity index (χ4v) is 4.16. The number of halogens is 1. The van der Waals surface area contributed by atoms with Crippen LogP contribution in [0.3, 0.4) is 0 Å². The van der Waals surface area contributed by atoms with Crippen LogP contribution in [-0.2, 0) is 12.4 Å². The summed E-state index contributed by atoms with van der Waals surface area (Å²) in [6.07, 6.45) is 1.61. The molecule has 0 saturated heterocycles. The number of carbonyl (C=O) groups is 1. The molecule has 0 unspecified atom stereocenters. The topological polar surface area (TPSA) is 50.7 Å². The average molecular weight is 501 g/mol. The van der Waals surface area contributed by atoms with Crippen LogP contribution in [0.1, 0.15) is 32.6 Å². The first-order chi connectivity index (χ1) is 17.0. The number of benzene rings is 4. The average Bonchev–Trinajstić information content (AvgIpc) is 2.89. The lowest BCUT2D eigenvalue weighted by atomic mass is 10.1. The molecule has 0 radical (unpaired) electrons. The summed E-state index contributed by atoms with van der Waals surface area (Å²) in [6, 6.07) is 31.1. The van der Waals surface area contributed by atoms with Crippen molar-refractivity contribution in [2.24, 2.45) is 5.10 Å². The Bertz CT molecular complexity index is 1270. The first kappa shape index (κ1) is 24.6. The van der Waals surface area contributed by atoms with Crippen LogP contribution >= 0.6 is 23.4 Å². The molecular formula is C29H25ClN2O2S. The highest BCUT2D eigenvalue weighted by Gasteiger charge is 2.05. The zero-order chi connectivity index (χ0) is 24.5. The lowest BCUT2D eigenvalue weighted by Gasteiger charge is -2.07. The molecular weight excluding hydrogens is 476 g/mol. The molecule has 1 N–H and O–H groups in total. The van der Waals surface area contributed by atoms with E-state index in [4.69, 9.17) is 16.3 Å². The maximum Gasteiger partial charge on any atom is 0.271 e. The Labute approximate surface area is 215 Å². The van der Waals surface area contributed by atoms with Gasteiger partial charge in [0.2, 0.25) is 0 Å². The first-order valence-corrected chi connectivity index (χ1v) is 12.5. The zero-order valence-corrected chi connectivity index (χ0v) is 20.9. The monoisotopic (exact) mass is 500 g/mol. The molecule has 35 heavy (non-hydrogen) atoms. The summed E-state index contributed by atoms with van der Waals surface area (Å²) in [6.45, 7) is 2.58. The van der Waals surface area contributed by atoms with Gasteiger partial charge in [-0.3, -0.25) is 4.79 Å². The minimum Gasteiger partial charge on any atom is -0.489 e. The van der Waals surface area contributed by atoms with Gasteiger partial charge in [0.25, 0.3) is 5.91 Å². The Morgan fingerprint density at radius 3 is 2.23 bits per heavy atom. The number of aryl methyl sites for hydroxylation is 1. The van der Waals surface area contributed by atoms with Crippen molar-refractivity contribution in [2.75, 3.05) is 0 Å². The lowest BCUT2D eigenvalue weighted by molar-refractivity contribution is 0.0955. The number of hydrogen-bond acceptors (Lipinski definition) is 4. The van der Waals surface area contributed by atoms with Crippen LogP contribution in [0.4, 0.5) is 0 Å². The molecule has 176 valence electrons. The van der Waals surface area contributed by atoms with Crippen LogP contribution in [0, 0.1) is 6.92 Å². The molecule has 1 amide bonds. The van der Waals surface area contributed by atoms with E-state index in [9.17, 15) is 4.79 Å². The Balaban J connectivity index is 1.23. The van der Waals surface area contributed by atoms with Crippen LogP contribution in [0.2, 0.25) is 5.02 Å². The molecule has 6 heteroatoms. The maximum atomic E-state index is 12.4. The molecule has 4 nitrogen and oxygen atoms in total. The zero-order valence-electron chi connectivity index (χ0n) is 19.3. The van der Waals surface area contributed by atoms with Crippen LogP contribution in [-0.4, -0.2) is 12.1 Å². The summed E-state index contributed by atoms with van der Waals surface area (Å²) in [5.41, 5.74) is 7.48. The molecule has 4 aromatic rings. The quantitative estimate of drug-likeness (QED) is 0.149. The van der Waals surface area contributed by atoms with Gasteiger partial charge in [-0.2, -0.15) is 5.10 Å². The van der Waals surface area contributed by atoms with Gasteiger partial charge in [0.1, 0.15) is 12.4 Å². The van der Waals surface area contributed by atoms with Crippen LogP contribution in [0.5, 0.6) is 5.75 Å². The van der Waals surface area contributed by atoms with E-state index in [1.165, 1.54) is 5.56 Å². The lowest BCUT2D eigenvalue weighted by Crippen LogP contribution is -2.17. The highest BCUT2D eigenvalue weighted by atomic mass is 35.5. The van der Waals surface area contributed by atoms with E-state index in [1.54, 1.807) is 18.0 Å². The molecule has 0 fully saturated rings. The third kappa shape index (κ3) is 7.74. The number of nitrogens with one attached hydrogen (secondary N) is 1. The predicted octanol–water partition coefficient (Wildman–Crippen LogP) is 7.28. The van der Waals surface area contributed by atoms with Crippen LogP contribution in [0.25, 0.3) is 0 Å². The van der Waals surface area contributed by atoms with Gasteiger partial charge >= 0.3 is 0 Å². The SMILES string of the molecule is Cc1ccc(COc2ccc(/C=N/NC(=O)c3ccc(CSc4ccc(Cl)cc4)cc3)cc2)cc1. The largest absolute Gasteiger partial charge is 0.489 e. The minimum atomic E-state index is -0.254. The highest BCUT2D eigenvalue weighted by Crippen LogP contribution is 2.24. The van der Waals surface area contributed by atoms with E-state index in [-0.39, 0.29) is 5.91 Å². The van der Waals surface area contributed by atoms with Gasteiger partial charge in [0.05, 0.1) is 6.21 Å². The van der Waals surface area contributed by atoms with E-state index < -0.39 is 0 Å². The van der Waals surface area contributed by atoms with Crippen LogP contribution < -0.4 is 10.2 Å². The van der Waals surface area contributed by atoms with Gasteiger partial charge in [-0.15, -0.1) is 11.8 Å². The number of thioether (sulfide) groups is 1. The molecule has 0 aromatic heterocycles. The molecule has 4 aromatic carbocycles. The standard InChI is InChI=1S/C29H25ClN2O2S/c1-21-2-4-23(5-3-21)19-34-27-14-8-22(9-15-27)18-31-32-29(33)25-10-6-24(7-11-25)20-35-28-16-12-26(30)13-17-28/h2-18H,19-20H2,1H3,(H,32,33)/b31-18+. The van der Waals surface area contributed by atoms with E-state index in [2.05, 4.69) is 41.7 Å². The van der Waals surface area contributed by atoms with E-state index in [0.29, 0.717) is 12.2 Å². The van der Waals surface area contributed by atoms with E-state index in [1.807, 2.05) is 72.8 Å². The number of nitrogens with zero attached hydrogens (tertiary/aromatic N) is 1. The number of carbonyl (C=O) groups excluding carboxylic acids is 1. The summed E-state index contributed by atoms with van der Waals surface area (Å²) < 4.78 is 5.82. The number of ether oxygens (including phenoxy) is 1. The summed E-state index contributed by atoms with van der Waals surface area (Å²) >= 11 is 7.65. The molecule has 0 saturated carbocycles. The summed E-state index contributed by atoms with van der Waals surface area (Å²) in [5, 5.41) is 4.80. The van der Waals surface area contributed by atoms with Gasteiger partial charge in [0, 0.05) is 21.2 Å². The number of hydrogen-bond donors (Lipinski definition) is 1. The number of hydrazone groups is 1. The van der Waals surface area contributed by atoms with Crippen molar-refractivity contribution in [3.05, 3.63) is 130 Å². The molecule has 0 spiro atoms. The van der Waals surface area contributed by atoms with E-state index in [0.717, 1.165) is 38.1 Å². The van der Waals surface area contributed by atoms with Gasteiger partial charge < -0.3 is 4.74 Å². The molecule has 0 aliphatic carbocycles. The van der Waals surface area contributed by atoms with E-state index >= 15 is 0 Å². The van der Waals surface area contributed by atoms with Crippen molar-refractivity contribution in [3.8, 4) is 5.75 Å². The Hall–Kier alpha value is -3.54. The van der Waals surface area contributed by atoms with Crippen molar-refractivity contribution >= 4 is 35.5 Å². The smallest absolute Gasteiger partial charge is 0.271 e. The Morgan fingerprint density at radius 2 is 1.54 bits per heavy atom. The fraction of sp³-hybridized carbons (Fsp3) is 0.103. The van der Waals surface area contributed by atoms with Gasteiger partial charge in [-0.1, -0.05) is 53.6 Å². The molecule has 4 rings (SSSR count). The normalized spacial score (nSPS) is 10.9. The molecule has 0 heterocycles. The second kappa shape index (κ2) is 12.2. The maximum absolute atomic E-state index is 12.4. The van der Waals surface area contributed by atoms with Crippen molar-refractivity contribution < 1.29 is 9.53 Å². The number of amides is 1. The van der Waals surface area contributed by atoms with Crippen molar-refractivity contribution in [3.63, 3.8) is 0 Å². The van der Waals surface area contributed by atoms with Crippen molar-refractivity contribution in [1.29, 1.82) is 0 Å². The second-order valence-electron chi connectivity index (χ2n) is 7.98. The first-order valence-electron chi connectivity index (χ1n) is 11.1. The van der Waals surface area contributed by atoms with Gasteiger partial charge in [-0.25, -0.2) is 5.43 Å². The third-order valence-corrected chi connectivity index (χ3v) is 6.56. The Kier molecular flexibility index (Phi) is 8.60. The van der Waals surface area contributed by atoms with Gasteiger partial charge in [0.15, 0.2) is 0 Å². The summed E-state index contributed by atoms with van der Waals surface area (Å²) in [4.78, 5) is 13.5. The van der Waals surface area contributed by atoms with Crippen molar-refractivity contribution in [1.82, 2.24) is 5.43 Å². The minimum absolute atomic E-state index is 0.254. The Morgan fingerprint density at radius 1 is 0.886 bits per heavy atom. The summed E-state index contributed by atoms with van der Waals surface area (Å²) in [7, 11) is 0. The van der Waals surface area contributed by atoms with Crippen molar-refractivity contribution in [2.45, 2.75) is 24.2 Å². The highest BCUT2D eigenvalue weighted by molar-refractivity contribution is 7.98. The predicted molar refractivity (Wildman–Crippen MR) is 144 cm³/mol. The molecule has 0 aliphatic rings. The molecule has 0 bridgehead atoms.